The first kappa shape index (κ1) is 42.2. The van der Waals surface area contributed by atoms with Crippen molar-refractivity contribution in [2.24, 2.45) is 28.1 Å². The lowest BCUT2D eigenvalue weighted by Crippen LogP contribution is -2.66. The van der Waals surface area contributed by atoms with Crippen LogP contribution in [-0.2, 0) is 33.2 Å². The van der Waals surface area contributed by atoms with Crippen LogP contribution in [0.3, 0.4) is 0 Å². The molecule has 0 spiro atoms. The number of hydrogen-bond acceptors (Lipinski definition) is 16. The van der Waals surface area contributed by atoms with Gasteiger partial charge in [-0.1, -0.05) is 39.8 Å². The van der Waals surface area contributed by atoms with Crippen molar-refractivity contribution in [3.63, 3.8) is 0 Å². The van der Waals surface area contributed by atoms with E-state index in [-0.39, 0.29) is 28.4 Å². The Morgan fingerprint density at radius 2 is 1.41 bits per heavy atom. The maximum atomic E-state index is 13.8. The minimum atomic E-state index is -1.76. The smallest absolute Gasteiger partial charge is 0.187 e. The summed E-state index contributed by atoms with van der Waals surface area (Å²) in [5, 5.41) is 94.8. The van der Waals surface area contributed by atoms with Crippen molar-refractivity contribution in [3.05, 3.63) is 24.3 Å². The highest BCUT2D eigenvalue weighted by molar-refractivity contribution is 5.97. The monoisotopic (exact) mass is 772 g/mol. The highest BCUT2D eigenvalue weighted by atomic mass is 16.8. The SMILES string of the molecule is C=CC1(C)C=C2C(=O)CC3C(C)(C)C(OC4OC(COC5OC(CO)C(O)C(O)C5O)C(O)C(O)C4OC4OC(C)C(O)C(O)C4O)CCC3(C)C2CC1. The Labute approximate surface area is 315 Å². The largest absolute Gasteiger partial charge is 0.394 e. The van der Waals surface area contributed by atoms with E-state index in [9.17, 15) is 50.8 Å². The van der Waals surface area contributed by atoms with Crippen molar-refractivity contribution in [1.82, 2.24) is 0 Å². The standard InChI is InChI=1S/C38H60O16/c1-7-37(5)10-8-18-17(13-37)19(40)12-22-36(3,4)23(9-11-38(18,22)6)53-35-32(54-34-31(48)27(44)24(41)16(2)50-34)29(46)26(43)21(52-35)15-49-33-30(47)28(45)25(42)20(14-39)51-33/h7,13,16,18,20-35,39,41-48H,1,8-12,14-15H2,2-6H3. The van der Waals surface area contributed by atoms with Crippen molar-refractivity contribution in [2.45, 2.75) is 165 Å². The van der Waals surface area contributed by atoms with Crippen LogP contribution >= 0.6 is 0 Å². The second kappa shape index (κ2) is 15.7. The zero-order chi connectivity index (χ0) is 39.7. The highest BCUT2D eigenvalue weighted by Crippen LogP contribution is 2.63. The molecule has 0 radical (unpaired) electrons. The van der Waals surface area contributed by atoms with Gasteiger partial charge in [-0.2, -0.15) is 0 Å². The summed E-state index contributed by atoms with van der Waals surface area (Å²) in [5.74, 6) is 0.0613. The van der Waals surface area contributed by atoms with Gasteiger partial charge in [0.2, 0.25) is 0 Å². The van der Waals surface area contributed by atoms with Gasteiger partial charge in [0.15, 0.2) is 24.7 Å². The quantitative estimate of drug-likeness (QED) is 0.0985. The van der Waals surface area contributed by atoms with Crippen molar-refractivity contribution in [2.75, 3.05) is 13.2 Å². The summed E-state index contributed by atoms with van der Waals surface area (Å²) in [6.07, 6.45) is -16.3. The zero-order valence-corrected chi connectivity index (χ0v) is 31.6. The van der Waals surface area contributed by atoms with E-state index in [4.69, 9.17) is 28.4 Å². The van der Waals surface area contributed by atoms with E-state index < -0.39 is 117 Å². The Morgan fingerprint density at radius 1 is 0.778 bits per heavy atom. The van der Waals surface area contributed by atoms with Crippen LogP contribution in [0.25, 0.3) is 0 Å². The molecule has 0 aromatic heterocycles. The van der Waals surface area contributed by atoms with Crippen molar-refractivity contribution < 1.29 is 79.2 Å². The predicted octanol–water partition coefficient (Wildman–Crippen LogP) is -1.21. The Kier molecular flexibility index (Phi) is 12.3. The number of allylic oxidation sites excluding steroid dienone is 3. The molecule has 2 saturated carbocycles. The van der Waals surface area contributed by atoms with Crippen LogP contribution in [0.2, 0.25) is 0 Å². The fourth-order valence-corrected chi connectivity index (χ4v) is 9.92. The van der Waals surface area contributed by atoms with Gasteiger partial charge in [0, 0.05) is 11.8 Å². The lowest BCUT2D eigenvalue weighted by Gasteiger charge is -2.61. The van der Waals surface area contributed by atoms with Crippen LogP contribution in [-0.4, -0.2) is 163 Å². The molecule has 54 heavy (non-hydrogen) atoms. The van der Waals surface area contributed by atoms with Gasteiger partial charge in [0.05, 0.1) is 25.4 Å². The maximum absolute atomic E-state index is 13.8. The fraction of sp³-hybridized carbons (Fsp3) is 0.868. The molecule has 9 N–H and O–H groups in total. The third-order valence-corrected chi connectivity index (χ3v) is 13.6. The molecule has 5 fully saturated rings. The predicted molar refractivity (Wildman–Crippen MR) is 186 cm³/mol. The molecule has 3 saturated heterocycles. The third-order valence-electron chi connectivity index (χ3n) is 13.6. The minimum Gasteiger partial charge on any atom is -0.394 e. The van der Waals surface area contributed by atoms with Crippen LogP contribution < -0.4 is 0 Å². The van der Waals surface area contributed by atoms with Gasteiger partial charge in [-0.25, -0.2) is 0 Å². The summed E-state index contributed by atoms with van der Waals surface area (Å²) in [4.78, 5) is 13.8. The van der Waals surface area contributed by atoms with E-state index in [2.05, 4.69) is 26.5 Å². The first-order chi connectivity index (χ1) is 25.3. The summed E-state index contributed by atoms with van der Waals surface area (Å²) >= 11 is 0. The lowest BCUT2D eigenvalue weighted by molar-refractivity contribution is -0.380. The van der Waals surface area contributed by atoms with E-state index in [1.807, 2.05) is 19.9 Å². The Balaban J connectivity index is 1.25. The number of carbonyl (C=O) groups is 1. The molecule has 0 aromatic carbocycles. The van der Waals surface area contributed by atoms with Gasteiger partial charge in [-0.3, -0.25) is 4.79 Å². The molecular weight excluding hydrogens is 712 g/mol. The number of fused-ring (bicyclic) bond motifs is 3. The van der Waals surface area contributed by atoms with Crippen LogP contribution in [0.1, 0.15) is 66.7 Å². The normalized spacial score (nSPS) is 52.2. The van der Waals surface area contributed by atoms with E-state index in [1.165, 1.54) is 6.92 Å². The summed E-state index contributed by atoms with van der Waals surface area (Å²) in [7, 11) is 0. The van der Waals surface area contributed by atoms with Crippen molar-refractivity contribution in [3.8, 4) is 0 Å². The van der Waals surface area contributed by atoms with Crippen LogP contribution in [0.15, 0.2) is 24.3 Å². The minimum absolute atomic E-state index is 0.0636. The summed E-state index contributed by atoms with van der Waals surface area (Å²) < 4.78 is 35.7. The molecule has 3 aliphatic heterocycles. The van der Waals surface area contributed by atoms with Crippen LogP contribution in [0.4, 0.5) is 0 Å². The number of aliphatic hydroxyl groups is 9. The molecule has 3 heterocycles. The van der Waals surface area contributed by atoms with E-state index in [1.54, 1.807) is 0 Å². The molecule has 3 aliphatic carbocycles. The molecule has 20 atom stereocenters. The summed E-state index contributed by atoms with van der Waals surface area (Å²) in [6, 6.07) is 0. The summed E-state index contributed by atoms with van der Waals surface area (Å²) in [5.41, 5.74) is -0.224. The number of ketones is 1. The van der Waals surface area contributed by atoms with Gasteiger partial charge >= 0.3 is 0 Å². The number of aliphatic hydroxyl groups excluding tert-OH is 9. The Morgan fingerprint density at radius 3 is 2.07 bits per heavy atom. The molecule has 0 amide bonds. The van der Waals surface area contributed by atoms with Crippen LogP contribution in [0, 0.1) is 28.1 Å². The van der Waals surface area contributed by atoms with E-state index in [0.29, 0.717) is 19.3 Å². The second-order valence-electron chi connectivity index (χ2n) is 17.4. The number of ether oxygens (including phenoxy) is 6. The molecule has 6 aliphatic rings. The molecule has 6 rings (SSSR count). The average Bonchev–Trinajstić information content (AvgIpc) is 3.13. The van der Waals surface area contributed by atoms with Crippen molar-refractivity contribution >= 4 is 5.78 Å². The summed E-state index contributed by atoms with van der Waals surface area (Å²) in [6.45, 7) is 12.7. The molecule has 0 aromatic rings. The van der Waals surface area contributed by atoms with Gasteiger partial charge in [-0.15, -0.1) is 6.58 Å². The third kappa shape index (κ3) is 7.39. The lowest BCUT2D eigenvalue weighted by atomic mass is 9.44. The van der Waals surface area contributed by atoms with Gasteiger partial charge in [0.1, 0.15) is 67.1 Å². The molecule has 16 heteroatoms. The highest BCUT2D eigenvalue weighted by Gasteiger charge is 2.61. The first-order valence-electron chi connectivity index (χ1n) is 19.1. The van der Waals surface area contributed by atoms with Gasteiger partial charge < -0.3 is 74.4 Å². The number of Topliss-reactive ketones (excluding diaryl/α,β-unsaturated/α-hetero) is 1. The second-order valence-corrected chi connectivity index (χ2v) is 17.4. The Hall–Kier alpha value is -1.45. The number of carbonyl (C=O) groups excluding carboxylic acids is 1. The molecule has 308 valence electrons. The molecule has 20 unspecified atom stereocenters. The maximum Gasteiger partial charge on any atom is 0.187 e. The zero-order valence-electron chi connectivity index (χ0n) is 31.6. The van der Waals surface area contributed by atoms with Crippen molar-refractivity contribution in [1.29, 1.82) is 0 Å². The molecular formula is C38H60O16. The Bertz CT molecular complexity index is 1390. The van der Waals surface area contributed by atoms with Gasteiger partial charge in [0.25, 0.3) is 0 Å². The van der Waals surface area contributed by atoms with Gasteiger partial charge in [-0.05, 0) is 60.8 Å². The first-order valence-corrected chi connectivity index (χ1v) is 19.1. The molecule has 16 nitrogen and oxygen atoms in total. The number of rotatable bonds is 9. The van der Waals surface area contributed by atoms with E-state index >= 15 is 0 Å². The van der Waals surface area contributed by atoms with E-state index in [0.717, 1.165) is 18.4 Å². The molecule has 0 bridgehead atoms. The fourth-order valence-electron chi connectivity index (χ4n) is 9.92. The topological polar surface area (TPSA) is 255 Å². The number of hydrogen-bond donors (Lipinski definition) is 9. The average molecular weight is 773 g/mol. The van der Waals surface area contributed by atoms with Crippen LogP contribution in [0.5, 0.6) is 0 Å².